The Morgan fingerprint density at radius 1 is 1.03 bits per heavy atom. The maximum Gasteiger partial charge on any atom is 0.405 e. The molecule has 0 spiro atoms. The van der Waals surface area contributed by atoms with E-state index in [0.717, 1.165) is 16.3 Å². The largest absolute Gasteiger partial charge is 0.465 e. The Kier molecular flexibility index (Phi) is 10.2. The summed E-state index contributed by atoms with van der Waals surface area (Å²) >= 11 is 4.35. The van der Waals surface area contributed by atoms with Crippen LogP contribution in [0.4, 0.5) is 4.79 Å². The van der Waals surface area contributed by atoms with E-state index < -0.39 is 24.1 Å². The van der Waals surface area contributed by atoms with Crippen LogP contribution in [0.3, 0.4) is 0 Å². The zero-order valence-electron chi connectivity index (χ0n) is 21.2. The lowest BCUT2D eigenvalue weighted by Gasteiger charge is -2.26. The van der Waals surface area contributed by atoms with E-state index in [9.17, 15) is 24.3 Å². The monoisotopic (exact) mass is 528 g/mol. The molecule has 1 saturated heterocycles. The molecular formula is C27H36N4O5S. The van der Waals surface area contributed by atoms with Crippen molar-refractivity contribution in [3.05, 3.63) is 48.0 Å². The maximum absolute atomic E-state index is 13.3. The predicted molar refractivity (Wildman–Crippen MR) is 146 cm³/mol. The zero-order valence-corrected chi connectivity index (χ0v) is 22.1. The quantitative estimate of drug-likeness (QED) is 0.235. The molecule has 9 nitrogen and oxygen atoms in total. The van der Waals surface area contributed by atoms with Gasteiger partial charge in [-0.05, 0) is 41.5 Å². The van der Waals surface area contributed by atoms with Gasteiger partial charge in [-0.25, -0.2) is 4.79 Å². The highest BCUT2D eigenvalue weighted by atomic mass is 32.1. The minimum absolute atomic E-state index is 0.0240. The van der Waals surface area contributed by atoms with Gasteiger partial charge in [0.05, 0.1) is 0 Å². The van der Waals surface area contributed by atoms with Gasteiger partial charge in [0.2, 0.25) is 17.7 Å². The van der Waals surface area contributed by atoms with Gasteiger partial charge in [-0.15, -0.1) is 0 Å². The number of carbonyl (C=O) groups excluding carboxylic acids is 3. The Balaban J connectivity index is 1.74. The summed E-state index contributed by atoms with van der Waals surface area (Å²) in [6.45, 7) is 4.50. The van der Waals surface area contributed by atoms with Crippen LogP contribution in [0.15, 0.2) is 42.5 Å². The SMILES string of the molecule is CC(C)CC(NC(=O)C(Cc1cccc2ccccc12)NC(=O)O)C(=O)NC(CS)CC1CCNC1=O. The van der Waals surface area contributed by atoms with Crippen molar-refractivity contribution in [3.63, 3.8) is 0 Å². The van der Waals surface area contributed by atoms with E-state index in [2.05, 4.69) is 33.9 Å². The summed E-state index contributed by atoms with van der Waals surface area (Å²) in [7, 11) is 0. The smallest absolute Gasteiger partial charge is 0.405 e. The number of thiol groups is 1. The highest BCUT2D eigenvalue weighted by Crippen LogP contribution is 2.20. The summed E-state index contributed by atoms with van der Waals surface area (Å²) in [5, 5.41) is 22.1. The Hall–Kier alpha value is -3.27. The van der Waals surface area contributed by atoms with Gasteiger partial charge in [0.1, 0.15) is 12.1 Å². The van der Waals surface area contributed by atoms with Gasteiger partial charge < -0.3 is 26.4 Å². The molecule has 0 aromatic heterocycles. The molecule has 5 N–H and O–H groups in total. The minimum atomic E-state index is -1.32. The third kappa shape index (κ3) is 8.11. The number of fused-ring (bicyclic) bond motifs is 1. The van der Waals surface area contributed by atoms with Crippen LogP contribution in [0.5, 0.6) is 0 Å². The number of amides is 4. The summed E-state index contributed by atoms with van der Waals surface area (Å²) in [5.74, 6) is -0.714. The molecule has 1 heterocycles. The average molecular weight is 529 g/mol. The molecule has 0 bridgehead atoms. The number of nitrogens with one attached hydrogen (secondary N) is 4. The van der Waals surface area contributed by atoms with Crippen LogP contribution in [0.2, 0.25) is 0 Å². The first kappa shape index (κ1) is 28.3. The lowest BCUT2D eigenvalue weighted by atomic mass is 9.97. The first-order valence-electron chi connectivity index (χ1n) is 12.6. The number of benzene rings is 2. The third-order valence-electron chi connectivity index (χ3n) is 6.56. The van der Waals surface area contributed by atoms with Crippen molar-refractivity contribution >= 4 is 47.2 Å². The van der Waals surface area contributed by atoms with Crippen molar-refractivity contribution in [1.82, 2.24) is 21.3 Å². The molecule has 2 aromatic carbocycles. The van der Waals surface area contributed by atoms with E-state index >= 15 is 0 Å². The molecule has 4 unspecified atom stereocenters. The van der Waals surface area contributed by atoms with Crippen molar-refractivity contribution in [2.45, 2.75) is 57.7 Å². The van der Waals surface area contributed by atoms with Gasteiger partial charge in [-0.1, -0.05) is 56.3 Å². The molecule has 4 atom stereocenters. The number of hydrogen-bond acceptors (Lipinski definition) is 5. The molecular weight excluding hydrogens is 492 g/mol. The Morgan fingerprint density at radius 2 is 1.73 bits per heavy atom. The molecule has 200 valence electrons. The van der Waals surface area contributed by atoms with E-state index in [1.807, 2.05) is 56.3 Å². The molecule has 0 aliphatic carbocycles. The van der Waals surface area contributed by atoms with Gasteiger partial charge in [-0.2, -0.15) is 12.6 Å². The first-order valence-corrected chi connectivity index (χ1v) is 13.3. The number of rotatable bonds is 12. The van der Waals surface area contributed by atoms with Crippen molar-refractivity contribution < 1.29 is 24.3 Å². The van der Waals surface area contributed by atoms with Gasteiger partial charge in [-0.3, -0.25) is 14.4 Å². The predicted octanol–water partition coefficient (Wildman–Crippen LogP) is 2.49. The average Bonchev–Trinajstić information content (AvgIpc) is 3.26. The molecule has 1 aliphatic heterocycles. The molecule has 1 aliphatic rings. The second-order valence-electron chi connectivity index (χ2n) is 9.94. The summed E-state index contributed by atoms with van der Waals surface area (Å²) in [4.78, 5) is 50.0. The van der Waals surface area contributed by atoms with Crippen molar-refractivity contribution in [2.24, 2.45) is 11.8 Å². The minimum Gasteiger partial charge on any atom is -0.465 e. The molecule has 3 rings (SSSR count). The normalized spacial score (nSPS) is 17.6. The Labute approximate surface area is 222 Å². The summed E-state index contributed by atoms with van der Waals surface area (Å²) in [5.41, 5.74) is 0.821. The van der Waals surface area contributed by atoms with Crippen molar-refractivity contribution in [3.8, 4) is 0 Å². The number of carboxylic acid groups (broad SMARTS) is 1. The second-order valence-corrected chi connectivity index (χ2v) is 10.3. The molecule has 0 radical (unpaired) electrons. The van der Waals surface area contributed by atoms with E-state index in [4.69, 9.17) is 0 Å². The fourth-order valence-electron chi connectivity index (χ4n) is 4.72. The van der Waals surface area contributed by atoms with Crippen LogP contribution in [0, 0.1) is 11.8 Å². The lowest BCUT2D eigenvalue weighted by Crippen LogP contribution is -2.56. The number of hydrogen-bond donors (Lipinski definition) is 6. The lowest BCUT2D eigenvalue weighted by molar-refractivity contribution is -0.130. The topological polar surface area (TPSA) is 137 Å². The summed E-state index contributed by atoms with van der Waals surface area (Å²) < 4.78 is 0. The van der Waals surface area contributed by atoms with Crippen LogP contribution in [0.1, 0.15) is 38.7 Å². The van der Waals surface area contributed by atoms with E-state index in [-0.39, 0.29) is 36.1 Å². The maximum atomic E-state index is 13.3. The van der Waals surface area contributed by atoms with Gasteiger partial charge >= 0.3 is 6.09 Å². The second kappa shape index (κ2) is 13.3. The van der Waals surface area contributed by atoms with E-state index in [0.29, 0.717) is 31.6 Å². The van der Waals surface area contributed by atoms with Crippen LogP contribution in [-0.4, -0.2) is 59.3 Å². The molecule has 1 fully saturated rings. The summed E-state index contributed by atoms with van der Waals surface area (Å²) in [6.07, 6.45) is 0.353. The van der Waals surface area contributed by atoms with Crippen LogP contribution < -0.4 is 21.3 Å². The van der Waals surface area contributed by atoms with Crippen LogP contribution in [-0.2, 0) is 20.8 Å². The zero-order chi connectivity index (χ0) is 26.9. The van der Waals surface area contributed by atoms with Crippen LogP contribution >= 0.6 is 12.6 Å². The fraction of sp³-hybridized carbons (Fsp3) is 0.481. The van der Waals surface area contributed by atoms with Crippen molar-refractivity contribution in [1.29, 1.82) is 0 Å². The molecule has 4 amide bonds. The van der Waals surface area contributed by atoms with Gasteiger partial charge in [0.25, 0.3) is 0 Å². The third-order valence-corrected chi connectivity index (χ3v) is 7.00. The molecule has 0 saturated carbocycles. The highest BCUT2D eigenvalue weighted by molar-refractivity contribution is 7.80. The standard InChI is InChI=1S/C27H36N4O5S/c1-16(2)12-22(25(33)29-20(15-37)13-19-10-11-28-24(19)32)30-26(34)23(31-27(35)36)14-18-8-5-7-17-6-3-4-9-21(17)18/h3-9,16,19-20,22-23,31,37H,10-15H2,1-2H3,(H,28,32)(H,29,33)(H,30,34)(H,35,36). The van der Waals surface area contributed by atoms with Gasteiger partial charge in [0, 0.05) is 30.7 Å². The molecule has 10 heteroatoms. The van der Waals surface area contributed by atoms with Gasteiger partial charge in [0.15, 0.2) is 0 Å². The highest BCUT2D eigenvalue weighted by Gasteiger charge is 2.31. The number of carbonyl (C=O) groups is 4. The Bertz CT molecular complexity index is 1120. The fourth-order valence-corrected chi connectivity index (χ4v) is 4.96. The van der Waals surface area contributed by atoms with E-state index in [1.54, 1.807) is 0 Å². The molecule has 37 heavy (non-hydrogen) atoms. The van der Waals surface area contributed by atoms with E-state index in [1.165, 1.54) is 0 Å². The molecule has 2 aromatic rings. The van der Waals surface area contributed by atoms with Crippen LogP contribution in [0.25, 0.3) is 10.8 Å². The first-order chi connectivity index (χ1) is 17.7. The van der Waals surface area contributed by atoms with Crippen molar-refractivity contribution in [2.75, 3.05) is 12.3 Å². The Morgan fingerprint density at radius 3 is 2.38 bits per heavy atom. The summed E-state index contributed by atoms with van der Waals surface area (Å²) in [6, 6.07) is 11.1.